The summed E-state index contributed by atoms with van der Waals surface area (Å²) in [7, 11) is -3.32. The molecule has 2 N–H and O–H groups in total. The van der Waals surface area contributed by atoms with E-state index in [1.165, 1.54) is 0 Å². The topological polar surface area (TPSA) is 78.5 Å². The monoisotopic (exact) mass is 387 g/mol. The zero-order valence-electron chi connectivity index (χ0n) is 15.4. The summed E-state index contributed by atoms with van der Waals surface area (Å²) in [6, 6.07) is 16.5. The van der Waals surface area contributed by atoms with Crippen LogP contribution in [-0.2, 0) is 21.4 Å². The molecule has 144 valence electrons. The van der Waals surface area contributed by atoms with Gasteiger partial charge in [-0.3, -0.25) is 14.8 Å². The van der Waals surface area contributed by atoms with Crippen molar-refractivity contribution in [3.05, 3.63) is 65.7 Å². The number of nitrogens with one attached hydrogen (secondary N) is 2. The minimum atomic E-state index is -3.32. The Balaban J connectivity index is 1.75. The quantitative estimate of drug-likeness (QED) is 0.765. The molecule has 3 rings (SSSR count). The Morgan fingerprint density at radius 1 is 1.07 bits per heavy atom. The van der Waals surface area contributed by atoms with Crippen molar-refractivity contribution in [3.8, 4) is 0 Å². The largest absolute Gasteiger partial charge is 0.341 e. The lowest BCUT2D eigenvalue weighted by molar-refractivity contribution is -0.132. The lowest BCUT2D eigenvalue weighted by atomic mass is 10.0. The molecular weight excluding hydrogens is 362 g/mol. The second-order valence-corrected chi connectivity index (χ2v) is 8.58. The van der Waals surface area contributed by atoms with Crippen LogP contribution in [0.15, 0.2) is 54.6 Å². The summed E-state index contributed by atoms with van der Waals surface area (Å²) in [6.07, 6.45) is 3.22. The number of nitrogens with zero attached hydrogens (tertiary/aromatic N) is 1. The Hall–Kier alpha value is -2.38. The predicted octanol–water partition coefficient (Wildman–Crippen LogP) is 2.51. The second-order valence-electron chi connectivity index (χ2n) is 6.83. The fourth-order valence-corrected chi connectivity index (χ4v) is 3.85. The van der Waals surface area contributed by atoms with E-state index < -0.39 is 16.1 Å². The lowest BCUT2D eigenvalue weighted by Crippen LogP contribution is -2.39. The van der Waals surface area contributed by atoms with E-state index >= 15 is 0 Å². The second kappa shape index (κ2) is 8.54. The van der Waals surface area contributed by atoms with Gasteiger partial charge in [-0.1, -0.05) is 42.5 Å². The summed E-state index contributed by atoms with van der Waals surface area (Å²) < 4.78 is 25.3. The molecule has 0 spiro atoms. The molecule has 1 amide bonds. The molecule has 1 atom stereocenters. The van der Waals surface area contributed by atoms with Crippen LogP contribution in [0.25, 0.3) is 0 Å². The SMILES string of the molecule is CS(=O)(=O)Nc1cccc(CN[C@@H](C(=O)N2CCCC2)c2ccccc2)c1. The maximum Gasteiger partial charge on any atom is 0.244 e. The number of likely N-dealkylation sites (tertiary alicyclic amines) is 1. The van der Waals surface area contributed by atoms with E-state index in [9.17, 15) is 13.2 Å². The Bertz CT molecular complexity index is 878. The maximum absolute atomic E-state index is 13.0. The highest BCUT2D eigenvalue weighted by molar-refractivity contribution is 7.92. The van der Waals surface area contributed by atoms with Crippen molar-refractivity contribution in [2.24, 2.45) is 0 Å². The summed E-state index contributed by atoms with van der Waals surface area (Å²) in [5, 5.41) is 3.35. The molecule has 1 heterocycles. The van der Waals surface area contributed by atoms with Gasteiger partial charge < -0.3 is 4.90 Å². The molecule has 6 nitrogen and oxygen atoms in total. The lowest BCUT2D eigenvalue weighted by Gasteiger charge is -2.24. The molecule has 0 aromatic heterocycles. The van der Waals surface area contributed by atoms with Crippen LogP contribution in [0.3, 0.4) is 0 Å². The van der Waals surface area contributed by atoms with Crippen LogP contribution in [0, 0.1) is 0 Å². The van der Waals surface area contributed by atoms with E-state index in [2.05, 4.69) is 10.0 Å². The number of anilines is 1. The van der Waals surface area contributed by atoms with E-state index in [0.717, 1.165) is 43.3 Å². The van der Waals surface area contributed by atoms with E-state index in [1.54, 1.807) is 18.2 Å². The molecule has 2 aromatic rings. The van der Waals surface area contributed by atoms with E-state index in [1.807, 2.05) is 41.3 Å². The van der Waals surface area contributed by atoms with Crippen LogP contribution < -0.4 is 10.0 Å². The number of hydrogen-bond acceptors (Lipinski definition) is 4. The van der Waals surface area contributed by atoms with Crippen LogP contribution in [0.2, 0.25) is 0 Å². The molecule has 0 aliphatic carbocycles. The number of benzene rings is 2. The van der Waals surface area contributed by atoms with Gasteiger partial charge in [0.05, 0.1) is 6.26 Å². The summed E-state index contributed by atoms with van der Waals surface area (Å²) >= 11 is 0. The number of rotatable bonds is 7. The Kier molecular flexibility index (Phi) is 6.13. The third kappa shape index (κ3) is 5.55. The highest BCUT2D eigenvalue weighted by Gasteiger charge is 2.27. The van der Waals surface area contributed by atoms with Crippen molar-refractivity contribution in [1.82, 2.24) is 10.2 Å². The first kappa shape index (κ1) is 19.4. The van der Waals surface area contributed by atoms with Crippen molar-refractivity contribution in [2.45, 2.75) is 25.4 Å². The van der Waals surface area contributed by atoms with Gasteiger partial charge in [0.2, 0.25) is 15.9 Å². The van der Waals surface area contributed by atoms with Gasteiger partial charge in [-0.25, -0.2) is 8.42 Å². The standard InChI is InChI=1S/C20H25N3O3S/c1-27(25,26)22-18-11-7-8-16(14-18)15-21-19(17-9-3-2-4-10-17)20(24)23-12-5-6-13-23/h2-4,7-11,14,19,21-22H,5-6,12-13,15H2,1H3/t19-/m1/s1. The zero-order valence-corrected chi connectivity index (χ0v) is 16.2. The summed E-state index contributed by atoms with van der Waals surface area (Å²) in [4.78, 5) is 14.9. The van der Waals surface area contributed by atoms with Crippen LogP contribution in [-0.4, -0.2) is 38.6 Å². The van der Waals surface area contributed by atoms with Crippen LogP contribution in [0.1, 0.15) is 30.0 Å². The highest BCUT2D eigenvalue weighted by atomic mass is 32.2. The molecule has 0 saturated carbocycles. The Morgan fingerprint density at radius 2 is 1.78 bits per heavy atom. The third-order valence-corrected chi connectivity index (χ3v) is 5.14. The molecule has 1 fully saturated rings. The molecule has 2 aromatic carbocycles. The predicted molar refractivity (Wildman–Crippen MR) is 107 cm³/mol. The Labute approximate surface area is 160 Å². The van der Waals surface area contributed by atoms with Crippen LogP contribution in [0.5, 0.6) is 0 Å². The zero-order chi connectivity index (χ0) is 19.3. The summed E-state index contributed by atoms with van der Waals surface area (Å²) in [5.41, 5.74) is 2.34. The van der Waals surface area contributed by atoms with Crippen molar-refractivity contribution < 1.29 is 13.2 Å². The minimum Gasteiger partial charge on any atom is -0.341 e. The molecule has 0 radical (unpaired) electrons. The van der Waals surface area contributed by atoms with Gasteiger partial charge in [0, 0.05) is 25.3 Å². The molecular formula is C20H25N3O3S. The summed E-state index contributed by atoms with van der Waals surface area (Å²) in [5.74, 6) is 0.0871. The van der Waals surface area contributed by atoms with E-state index in [-0.39, 0.29) is 5.91 Å². The van der Waals surface area contributed by atoms with Gasteiger partial charge >= 0.3 is 0 Å². The summed E-state index contributed by atoms with van der Waals surface area (Å²) in [6.45, 7) is 2.06. The van der Waals surface area contributed by atoms with Gasteiger partial charge in [0.25, 0.3) is 0 Å². The maximum atomic E-state index is 13.0. The molecule has 1 saturated heterocycles. The Morgan fingerprint density at radius 3 is 2.44 bits per heavy atom. The average Bonchev–Trinajstić information content (AvgIpc) is 3.16. The molecule has 1 aliphatic heterocycles. The number of hydrogen-bond donors (Lipinski definition) is 2. The number of carbonyl (C=O) groups excluding carboxylic acids is 1. The van der Waals surface area contributed by atoms with Gasteiger partial charge in [0.1, 0.15) is 6.04 Å². The van der Waals surface area contributed by atoms with E-state index in [4.69, 9.17) is 0 Å². The van der Waals surface area contributed by atoms with E-state index in [0.29, 0.717) is 12.2 Å². The average molecular weight is 388 g/mol. The molecule has 7 heteroatoms. The first-order chi connectivity index (χ1) is 12.9. The minimum absolute atomic E-state index is 0.0871. The van der Waals surface area contributed by atoms with Crippen LogP contribution in [0.4, 0.5) is 5.69 Å². The normalized spacial score (nSPS) is 15.5. The highest BCUT2D eigenvalue weighted by Crippen LogP contribution is 2.20. The number of sulfonamides is 1. The van der Waals surface area contributed by atoms with Crippen LogP contribution >= 0.6 is 0 Å². The molecule has 27 heavy (non-hydrogen) atoms. The van der Waals surface area contributed by atoms with Gasteiger partial charge in [-0.2, -0.15) is 0 Å². The number of carbonyl (C=O) groups is 1. The van der Waals surface area contributed by atoms with Crippen molar-refractivity contribution >= 4 is 21.6 Å². The molecule has 1 aliphatic rings. The van der Waals surface area contributed by atoms with Gasteiger partial charge in [-0.05, 0) is 36.1 Å². The first-order valence-corrected chi connectivity index (χ1v) is 11.0. The fourth-order valence-electron chi connectivity index (χ4n) is 3.29. The van der Waals surface area contributed by atoms with Crippen molar-refractivity contribution in [2.75, 3.05) is 24.1 Å². The fraction of sp³-hybridized carbons (Fsp3) is 0.350. The van der Waals surface area contributed by atoms with Gasteiger partial charge in [0.15, 0.2) is 0 Å². The van der Waals surface area contributed by atoms with Crippen molar-refractivity contribution in [3.63, 3.8) is 0 Å². The third-order valence-electron chi connectivity index (χ3n) is 4.54. The smallest absolute Gasteiger partial charge is 0.244 e. The van der Waals surface area contributed by atoms with Gasteiger partial charge in [-0.15, -0.1) is 0 Å². The molecule has 0 bridgehead atoms. The first-order valence-electron chi connectivity index (χ1n) is 9.06. The number of amides is 1. The molecule has 0 unspecified atom stereocenters. The van der Waals surface area contributed by atoms with Crippen molar-refractivity contribution in [1.29, 1.82) is 0 Å².